The minimum Gasteiger partial charge on any atom is -0.506 e. The molecule has 0 fully saturated rings. The Kier molecular flexibility index (Phi) is 5.19. The van der Waals surface area contributed by atoms with E-state index in [-0.39, 0.29) is 17.5 Å². The molecule has 1 unspecified atom stereocenters. The highest BCUT2D eigenvalue weighted by Crippen LogP contribution is 2.21. The Morgan fingerprint density at radius 1 is 1.04 bits per heavy atom. The van der Waals surface area contributed by atoms with Gasteiger partial charge in [0.25, 0.3) is 0 Å². The number of nitrogens with one attached hydrogen (secondary N) is 2. The van der Waals surface area contributed by atoms with Gasteiger partial charge < -0.3 is 20.5 Å². The van der Waals surface area contributed by atoms with Crippen molar-refractivity contribution in [3.05, 3.63) is 54.1 Å². The zero-order valence-corrected chi connectivity index (χ0v) is 12.9. The highest BCUT2D eigenvalue weighted by Gasteiger charge is 2.18. The van der Waals surface area contributed by atoms with Gasteiger partial charge in [-0.3, -0.25) is 9.59 Å². The van der Waals surface area contributed by atoms with Gasteiger partial charge in [-0.05, 0) is 36.8 Å². The van der Waals surface area contributed by atoms with Crippen molar-refractivity contribution in [3.63, 3.8) is 0 Å². The zero-order chi connectivity index (χ0) is 16.8. The van der Waals surface area contributed by atoms with Crippen molar-refractivity contribution in [2.75, 3.05) is 12.4 Å². The maximum Gasteiger partial charge on any atom is 0.313 e. The molecule has 0 aliphatic rings. The molecule has 2 amide bonds. The Balaban J connectivity index is 1.97. The number of phenols is 1. The number of rotatable bonds is 4. The molecule has 1 atom stereocenters. The van der Waals surface area contributed by atoms with Gasteiger partial charge in [0, 0.05) is 0 Å². The van der Waals surface area contributed by atoms with Gasteiger partial charge in [-0.15, -0.1) is 0 Å². The summed E-state index contributed by atoms with van der Waals surface area (Å²) in [5.74, 6) is -1.01. The smallest absolute Gasteiger partial charge is 0.313 e. The van der Waals surface area contributed by atoms with Gasteiger partial charge in [-0.25, -0.2) is 0 Å². The molecule has 6 nitrogen and oxygen atoms in total. The average Bonchev–Trinajstić information content (AvgIpc) is 2.56. The molecule has 2 rings (SSSR count). The van der Waals surface area contributed by atoms with Gasteiger partial charge in [-0.1, -0.05) is 24.3 Å². The predicted octanol–water partition coefficient (Wildman–Crippen LogP) is 2.22. The molecule has 2 aromatic rings. The van der Waals surface area contributed by atoms with Crippen molar-refractivity contribution >= 4 is 17.5 Å². The third kappa shape index (κ3) is 4.23. The number of carbonyl (C=O) groups is 2. The van der Waals surface area contributed by atoms with Crippen molar-refractivity contribution < 1.29 is 19.4 Å². The summed E-state index contributed by atoms with van der Waals surface area (Å²) in [5, 5.41) is 14.6. The van der Waals surface area contributed by atoms with Gasteiger partial charge in [0.05, 0.1) is 18.8 Å². The molecule has 0 aromatic heterocycles. The van der Waals surface area contributed by atoms with E-state index in [1.54, 1.807) is 38.3 Å². The Labute approximate surface area is 134 Å². The quantitative estimate of drug-likeness (QED) is 0.596. The molecule has 0 bridgehead atoms. The molecule has 0 heterocycles. The van der Waals surface area contributed by atoms with Crippen LogP contribution in [0.25, 0.3) is 0 Å². The maximum atomic E-state index is 11.9. The van der Waals surface area contributed by atoms with Crippen LogP contribution in [0, 0.1) is 0 Å². The summed E-state index contributed by atoms with van der Waals surface area (Å²) in [6.07, 6.45) is 0. The summed E-state index contributed by atoms with van der Waals surface area (Å²) in [6.45, 7) is 1.77. The fraction of sp³-hybridized carbons (Fsp3) is 0.176. The van der Waals surface area contributed by atoms with E-state index in [0.717, 1.165) is 5.56 Å². The Morgan fingerprint density at radius 3 is 2.30 bits per heavy atom. The second-order valence-electron chi connectivity index (χ2n) is 4.94. The monoisotopic (exact) mass is 314 g/mol. The van der Waals surface area contributed by atoms with Crippen molar-refractivity contribution in [2.24, 2.45) is 0 Å². The first-order valence-electron chi connectivity index (χ1n) is 7.05. The van der Waals surface area contributed by atoms with E-state index in [1.807, 2.05) is 12.1 Å². The molecule has 23 heavy (non-hydrogen) atoms. The SMILES string of the molecule is COc1ccc(C(C)NC(=O)C(=O)Nc2ccccc2O)cc1. The molecule has 6 heteroatoms. The lowest BCUT2D eigenvalue weighted by Crippen LogP contribution is -2.36. The van der Waals surface area contributed by atoms with Gasteiger partial charge >= 0.3 is 11.8 Å². The summed E-state index contributed by atoms with van der Waals surface area (Å²) >= 11 is 0. The molecule has 0 aliphatic carbocycles. The van der Waals surface area contributed by atoms with Crippen molar-refractivity contribution in [1.29, 1.82) is 0 Å². The van der Waals surface area contributed by atoms with E-state index in [2.05, 4.69) is 10.6 Å². The number of amides is 2. The van der Waals surface area contributed by atoms with Crippen LogP contribution in [0.5, 0.6) is 11.5 Å². The van der Waals surface area contributed by atoms with E-state index in [0.29, 0.717) is 5.75 Å². The molecule has 0 spiro atoms. The molecule has 0 radical (unpaired) electrons. The van der Waals surface area contributed by atoms with Crippen LogP contribution in [-0.2, 0) is 9.59 Å². The minimum absolute atomic E-state index is 0.100. The number of aromatic hydroxyl groups is 1. The van der Waals surface area contributed by atoms with Crippen LogP contribution in [0.1, 0.15) is 18.5 Å². The standard InChI is InChI=1S/C17H18N2O4/c1-11(12-7-9-13(23-2)10-8-12)18-16(21)17(22)19-14-5-3-4-6-15(14)20/h3-11,20H,1-2H3,(H,18,21)(H,19,22). The van der Waals surface area contributed by atoms with Crippen LogP contribution in [0.4, 0.5) is 5.69 Å². The lowest BCUT2D eigenvalue weighted by Gasteiger charge is -2.14. The molecule has 2 aromatic carbocycles. The molecule has 3 N–H and O–H groups in total. The van der Waals surface area contributed by atoms with Gasteiger partial charge in [0.2, 0.25) is 0 Å². The van der Waals surface area contributed by atoms with Crippen LogP contribution in [-0.4, -0.2) is 24.0 Å². The van der Waals surface area contributed by atoms with Gasteiger partial charge in [0.15, 0.2) is 0 Å². The fourth-order valence-corrected chi connectivity index (χ4v) is 2.00. The van der Waals surface area contributed by atoms with Crippen LogP contribution in [0.15, 0.2) is 48.5 Å². The summed E-state index contributed by atoms with van der Waals surface area (Å²) in [5.41, 5.74) is 1.03. The van der Waals surface area contributed by atoms with Crippen LogP contribution >= 0.6 is 0 Å². The normalized spacial score (nSPS) is 11.4. The number of phenolic OH excluding ortho intramolecular Hbond substituents is 1. The van der Waals surface area contributed by atoms with Crippen LogP contribution < -0.4 is 15.4 Å². The van der Waals surface area contributed by atoms with Gasteiger partial charge in [0.1, 0.15) is 11.5 Å². The Bertz CT molecular complexity index is 698. The number of ether oxygens (including phenoxy) is 1. The number of benzene rings is 2. The van der Waals surface area contributed by atoms with E-state index < -0.39 is 11.8 Å². The first-order chi connectivity index (χ1) is 11.0. The lowest BCUT2D eigenvalue weighted by atomic mass is 10.1. The highest BCUT2D eigenvalue weighted by atomic mass is 16.5. The lowest BCUT2D eigenvalue weighted by molar-refractivity contribution is -0.136. The molecule has 120 valence electrons. The number of para-hydroxylation sites is 2. The summed E-state index contributed by atoms with van der Waals surface area (Å²) < 4.78 is 5.07. The molecule has 0 saturated carbocycles. The van der Waals surface area contributed by atoms with E-state index in [1.165, 1.54) is 12.1 Å². The number of hydrogen-bond donors (Lipinski definition) is 3. The summed E-state index contributed by atoms with van der Waals surface area (Å²) in [7, 11) is 1.57. The number of carbonyl (C=O) groups excluding carboxylic acids is 2. The van der Waals surface area contributed by atoms with Crippen molar-refractivity contribution in [2.45, 2.75) is 13.0 Å². The maximum absolute atomic E-state index is 11.9. The first kappa shape index (κ1) is 16.4. The van der Waals surface area contributed by atoms with Gasteiger partial charge in [-0.2, -0.15) is 0 Å². The zero-order valence-electron chi connectivity index (χ0n) is 12.9. The third-order valence-electron chi connectivity index (χ3n) is 3.32. The summed E-state index contributed by atoms with van der Waals surface area (Å²) in [6, 6.07) is 13.0. The number of hydrogen-bond acceptors (Lipinski definition) is 4. The molecular weight excluding hydrogens is 296 g/mol. The summed E-state index contributed by atoms with van der Waals surface area (Å²) in [4.78, 5) is 23.8. The number of anilines is 1. The minimum atomic E-state index is -0.841. The van der Waals surface area contributed by atoms with Crippen LogP contribution in [0.3, 0.4) is 0 Å². The van der Waals surface area contributed by atoms with Crippen molar-refractivity contribution in [1.82, 2.24) is 5.32 Å². The molecule has 0 aliphatic heterocycles. The second kappa shape index (κ2) is 7.31. The molecule has 0 saturated heterocycles. The topological polar surface area (TPSA) is 87.7 Å². The predicted molar refractivity (Wildman–Crippen MR) is 86.3 cm³/mol. The van der Waals surface area contributed by atoms with Crippen LogP contribution in [0.2, 0.25) is 0 Å². The first-order valence-corrected chi connectivity index (χ1v) is 7.05. The average molecular weight is 314 g/mol. The fourth-order valence-electron chi connectivity index (χ4n) is 2.00. The highest BCUT2D eigenvalue weighted by molar-refractivity contribution is 6.39. The Morgan fingerprint density at radius 2 is 1.70 bits per heavy atom. The largest absolute Gasteiger partial charge is 0.506 e. The van der Waals surface area contributed by atoms with E-state index >= 15 is 0 Å². The Hall–Kier alpha value is -3.02. The molecular formula is C17H18N2O4. The second-order valence-corrected chi connectivity index (χ2v) is 4.94. The third-order valence-corrected chi connectivity index (χ3v) is 3.32. The van der Waals surface area contributed by atoms with E-state index in [4.69, 9.17) is 4.74 Å². The van der Waals surface area contributed by atoms with Crippen molar-refractivity contribution in [3.8, 4) is 11.5 Å². The number of methoxy groups -OCH3 is 1. The van der Waals surface area contributed by atoms with E-state index in [9.17, 15) is 14.7 Å².